The molecule has 2 N–H and O–H groups in total. The van der Waals surface area contributed by atoms with Gasteiger partial charge in [0.15, 0.2) is 0 Å². The van der Waals surface area contributed by atoms with Gasteiger partial charge >= 0.3 is 6.18 Å². The van der Waals surface area contributed by atoms with E-state index in [0.29, 0.717) is 12.8 Å². The van der Waals surface area contributed by atoms with Crippen molar-refractivity contribution >= 4 is 10.2 Å². The van der Waals surface area contributed by atoms with Gasteiger partial charge in [-0.15, -0.1) is 0 Å². The first kappa shape index (κ1) is 15.7. The third-order valence-corrected chi connectivity index (χ3v) is 4.53. The summed E-state index contributed by atoms with van der Waals surface area (Å²) in [4.78, 5) is 0. The highest BCUT2D eigenvalue weighted by molar-refractivity contribution is 7.87. The van der Waals surface area contributed by atoms with E-state index in [4.69, 9.17) is 0 Å². The van der Waals surface area contributed by atoms with Crippen LogP contribution in [0.4, 0.5) is 13.2 Å². The van der Waals surface area contributed by atoms with Crippen LogP contribution >= 0.6 is 0 Å². The number of aliphatic hydroxyl groups is 1. The third kappa shape index (κ3) is 4.38. The number of alkyl halides is 3. The van der Waals surface area contributed by atoms with E-state index >= 15 is 0 Å². The maximum atomic E-state index is 12.0. The fourth-order valence-electron chi connectivity index (χ4n) is 1.97. The number of hydrogen-bond donors (Lipinski definition) is 2. The van der Waals surface area contributed by atoms with Crippen LogP contribution < -0.4 is 4.72 Å². The molecule has 2 unspecified atom stereocenters. The van der Waals surface area contributed by atoms with E-state index in [2.05, 4.69) is 0 Å². The summed E-state index contributed by atoms with van der Waals surface area (Å²) in [5, 5.41) is 9.67. The highest BCUT2D eigenvalue weighted by atomic mass is 32.2. The number of nitrogens with zero attached hydrogens (tertiary/aromatic N) is 1. The van der Waals surface area contributed by atoms with E-state index in [1.54, 1.807) is 0 Å². The summed E-state index contributed by atoms with van der Waals surface area (Å²) in [6.07, 6.45) is -2.97. The molecule has 0 amide bonds. The number of nitrogens with one attached hydrogen (secondary N) is 1. The maximum Gasteiger partial charge on any atom is 0.402 e. The van der Waals surface area contributed by atoms with Crippen LogP contribution in [0.25, 0.3) is 0 Å². The molecule has 0 radical (unpaired) electrons. The second-order valence-corrected chi connectivity index (χ2v) is 6.19. The van der Waals surface area contributed by atoms with E-state index in [9.17, 15) is 26.7 Å². The SMILES string of the molecule is CN(C1CCCCC1O)S(=O)(=O)NCC(F)(F)F. The van der Waals surface area contributed by atoms with Gasteiger partial charge in [-0.05, 0) is 12.8 Å². The highest BCUT2D eigenvalue weighted by Gasteiger charge is 2.36. The number of hydrogen-bond acceptors (Lipinski definition) is 3. The smallest absolute Gasteiger partial charge is 0.391 e. The van der Waals surface area contributed by atoms with Crippen LogP contribution in [0.1, 0.15) is 25.7 Å². The van der Waals surface area contributed by atoms with Gasteiger partial charge in [-0.1, -0.05) is 12.8 Å². The minimum absolute atomic E-state index is 0.449. The van der Waals surface area contributed by atoms with E-state index < -0.39 is 35.1 Å². The Balaban J connectivity index is 2.66. The zero-order valence-corrected chi connectivity index (χ0v) is 10.8. The topological polar surface area (TPSA) is 69.6 Å². The molecule has 0 saturated heterocycles. The minimum Gasteiger partial charge on any atom is -0.391 e. The van der Waals surface area contributed by atoms with Crippen molar-refractivity contribution in [2.75, 3.05) is 13.6 Å². The fourth-order valence-corrected chi connectivity index (χ4v) is 3.12. The molecule has 1 rings (SSSR count). The van der Waals surface area contributed by atoms with Gasteiger partial charge in [0.1, 0.15) is 6.54 Å². The van der Waals surface area contributed by atoms with E-state index in [-0.39, 0.29) is 0 Å². The molecule has 0 spiro atoms. The lowest BCUT2D eigenvalue weighted by Crippen LogP contribution is -2.51. The quantitative estimate of drug-likeness (QED) is 0.797. The minimum atomic E-state index is -4.60. The van der Waals surface area contributed by atoms with Gasteiger partial charge in [0.25, 0.3) is 10.2 Å². The van der Waals surface area contributed by atoms with Gasteiger partial charge in [0, 0.05) is 7.05 Å². The molecule has 1 aliphatic carbocycles. The van der Waals surface area contributed by atoms with Gasteiger partial charge in [-0.2, -0.15) is 30.6 Å². The predicted molar refractivity (Wildman–Crippen MR) is 59.0 cm³/mol. The largest absolute Gasteiger partial charge is 0.402 e. The summed E-state index contributed by atoms with van der Waals surface area (Å²) < 4.78 is 61.4. The van der Waals surface area contributed by atoms with Crippen molar-refractivity contribution in [2.45, 2.75) is 44.0 Å². The van der Waals surface area contributed by atoms with Gasteiger partial charge in [0.05, 0.1) is 12.1 Å². The van der Waals surface area contributed by atoms with Crippen molar-refractivity contribution in [3.63, 3.8) is 0 Å². The monoisotopic (exact) mass is 290 g/mol. The van der Waals surface area contributed by atoms with Crippen molar-refractivity contribution in [3.05, 3.63) is 0 Å². The fraction of sp³-hybridized carbons (Fsp3) is 1.00. The number of halogens is 3. The van der Waals surface area contributed by atoms with Crippen LogP contribution in [0.2, 0.25) is 0 Å². The Morgan fingerprint density at radius 2 is 1.89 bits per heavy atom. The van der Waals surface area contributed by atoms with Crippen LogP contribution in [-0.2, 0) is 10.2 Å². The second kappa shape index (κ2) is 5.72. The van der Waals surface area contributed by atoms with Crippen LogP contribution in [0.3, 0.4) is 0 Å². The summed E-state index contributed by atoms with van der Waals surface area (Å²) >= 11 is 0. The van der Waals surface area contributed by atoms with Crippen LogP contribution in [0.15, 0.2) is 0 Å². The third-order valence-electron chi connectivity index (χ3n) is 3.00. The standard InChI is InChI=1S/C9H17F3N2O3S/c1-14(7-4-2-3-5-8(7)15)18(16,17)13-6-9(10,11)12/h7-8,13,15H,2-6H2,1H3. The molecule has 0 heterocycles. The zero-order valence-electron chi connectivity index (χ0n) is 9.94. The summed E-state index contributed by atoms with van der Waals surface area (Å²) in [7, 11) is -3.04. The van der Waals surface area contributed by atoms with E-state index in [1.165, 1.54) is 11.8 Å². The Morgan fingerprint density at radius 1 is 1.33 bits per heavy atom. The summed E-state index contributed by atoms with van der Waals surface area (Å²) in [6.45, 7) is -1.61. The summed E-state index contributed by atoms with van der Waals surface area (Å²) in [6, 6.07) is -0.663. The summed E-state index contributed by atoms with van der Waals surface area (Å²) in [5.74, 6) is 0. The number of rotatable bonds is 4. The molecule has 0 aromatic rings. The Kier molecular flexibility index (Phi) is 4.98. The molecule has 2 atom stereocenters. The molecule has 9 heteroatoms. The number of aliphatic hydroxyl groups excluding tert-OH is 1. The molecule has 0 aromatic heterocycles. The van der Waals surface area contributed by atoms with Crippen molar-refractivity contribution in [3.8, 4) is 0 Å². The molecular weight excluding hydrogens is 273 g/mol. The lowest BCUT2D eigenvalue weighted by Gasteiger charge is -2.34. The first-order chi connectivity index (χ1) is 8.13. The van der Waals surface area contributed by atoms with Crippen LogP contribution in [-0.4, -0.2) is 49.7 Å². The number of likely N-dealkylation sites (N-methyl/N-ethyl adjacent to an activating group) is 1. The molecule has 5 nitrogen and oxygen atoms in total. The van der Waals surface area contributed by atoms with Crippen molar-refractivity contribution in [1.29, 1.82) is 0 Å². The second-order valence-electron chi connectivity index (χ2n) is 4.38. The maximum absolute atomic E-state index is 12.0. The Hall–Kier alpha value is -0.380. The van der Waals surface area contributed by atoms with Crippen molar-refractivity contribution < 1.29 is 26.7 Å². The molecule has 1 aliphatic rings. The average molecular weight is 290 g/mol. The molecule has 0 aliphatic heterocycles. The van der Waals surface area contributed by atoms with Gasteiger partial charge in [-0.3, -0.25) is 0 Å². The molecule has 1 saturated carbocycles. The van der Waals surface area contributed by atoms with Crippen LogP contribution in [0.5, 0.6) is 0 Å². The normalized spacial score (nSPS) is 26.6. The lowest BCUT2D eigenvalue weighted by atomic mass is 9.93. The zero-order chi connectivity index (χ0) is 14.0. The highest BCUT2D eigenvalue weighted by Crippen LogP contribution is 2.24. The Bertz CT molecular complexity index is 372. The molecular formula is C9H17F3N2O3S. The molecule has 0 aromatic carbocycles. The summed E-state index contributed by atoms with van der Waals surface area (Å²) in [5.41, 5.74) is 0. The predicted octanol–water partition coefficient (Wildman–Crippen LogP) is 0.618. The lowest BCUT2D eigenvalue weighted by molar-refractivity contribution is -0.121. The molecule has 0 bridgehead atoms. The van der Waals surface area contributed by atoms with Crippen LogP contribution in [0, 0.1) is 0 Å². The van der Waals surface area contributed by atoms with Gasteiger partial charge in [-0.25, -0.2) is 0 Å². The van der Waals surface area contributed by atoms with Crippen molar-refractivity contribution in [1.82, 2.24) is 9.03 Å². The molecule has 1 fully saturated rings. The molecule has 18 heavy (non-hydrogen) atoms. The van der Waals surface area contributed by atoms with Gasteiger partial charge in [0.2, 0.25) is 0 Å². The average Bonchev–Trinajstić information content (AvgIpc) is 2.25. The first-order valence-corrected chi connectivity index (χ1v) is 7.05. The molecule has 108 valence electrons. The first-order valence-electron chi connectivity index (χ1n) is 5.61. The van der Waals surface area contributed by atoms with E-state index in [1.807, 2.05) is 0 Å². The Morgan fingerprint density at radius 3 is 2.39 bits per heavy atom. The van der Waals surface area contributed by atoms with Gasteiger partial charge < -0.3 is 5.11 Å². The Labute approximate surface area is 104 Å². The van der Waals surface area contributed by atoms with E-state index in [0.717, 1.165) is 17.1 Å². The van der Waals surface area contributed by atoms with Crippen molar-refractivity contribution in [2.24, 2.45) is 0 Å².